The Morgan fingerprint density at radius 3 is 2.39 bits per heavy atom. The fourth-order valence-corrected chi connectivity index (χ4v) is 2.89. The van der Waals surface area contributed by atoms with E-state index in [1.807, 2.05) is 0 Å². The highest BCUT2D eigenvalue weighted by Gasteiger charge is 2.38. The van der Waals surface area contributed by atoms with Crippen molar-refractivity contribution >= 4 is 29.6 Å². The maximum Gasteiger partial charge on any atom is 0.322 e. The van der Waals surface area contributed by atoms with Gasteiger partial charge in [-0.2, -0.15) is 0 Å². The van der Waals surface area contributed by atoms with Crippen LogP contribution in [0, 0.1) is 5.92 Å². The van der Waals surface area contributed by atoms with Gasteiger partial charge >= 0.3 is 5.97 Å². The van der Waals surface area contributed by atoms with Crippen LogP contribution in [-0.4, -0.2) is 70.8 Å². The van der Waals surface area contributed by atoms with Crippen LogP contribution < -0.4 is 22.1 Å². The average Bonchev–Trinajstić information content (AvgIpc) is 3.11. The molecule has 11 heteroatoms. The van der Waals surface area contributed by atoms with Crippen molar-refractivity contribution in [2.45, 2.75) is 57.7 Å². The first-order valence-electron chi connectivity index (χ1n) is 9.18. The Hall–Kier alpha value is -2.69. The molecule has 0 spiro atoms. The number of carboxylic acids is 1. The molecular weight excluding hydrogens is 370 g/mol. The molecule has 1 aliphatic rings. The van der Waals surface area contributed by atoms with Crippen LogP contribution in [0.15, 0.2) is 0 Å². The van der Waals surface area contributed by atoms with Crippen molar-refractivity contribution in [2.75, 3.05) is 13.1 Å². The number of nitrogens with two attached hydrogens (primary N) is 2. The Bertz CT molecular complexity index is 623. The Kier molecular flexibility index (Phi) is 8.83. The van der Waals surface area contributed by atoms with E-state index in [1.54, 1.807) is 13.8 Å². The van der Waals surface area contributed by atoms with Crippen LogP contribution in [0.4, 0.5) is 0 Å². The van der Waals surface area contributed by atoms with Gasteiger partial charge in [0.15, 0.2) is 0 Å². The minimum Gasteiger partial charge on any atom is -0.480 e. The van der Waals surface area contributed by atoms with E-state index in [0.29, 0.717) is 19.4 Å². The minimum atomic E-state index is -1.25. The number of carboxylic acid groups (broad SMARTS) is 1. The number of carbonyl (C=O) groups is 5. The average molecular weight is 399 g/mol. The quantitative estimate of drug-likeness (QED) is 0.279. The summed E-state index contributed by atoms with van der Waals surface area (Å²) in [6, 6.07) is -2.66. The van der Waals surface area contributed by atoms with Gasteiger partial charge in [-0.1, -0.05) is 13.8 Å². The van der Waals surface area contributed by atoms with Crippen LogP contribution in [-0.2, 0) is 24.0 Å². The second-order valence-corrected chi connectivity index (χ2v) is 7.14. The van der Waals surface area contributed by atoms with Gasteiger partial charge in [-0.15, -0.1) is 0 Å². The first-order chi connectivity index (χ1) is 13.0. The van der Waals surface area contributed by atoms with Crippen LogP contribution in [0.3, 0.4) is 0 Å². The van der Waals surface area contributed by atoms with Crippen LogP contribution >= 0.6 is 0 Å². The van der Waals surface area contributed by atoms with E-state index in [-0.39, 0.29) is 24.7 Å². The number of amides is 4. The number of likely N-dealkylation sites (tertiary alicyclic amines) is 1. The molecule has 11 nitrogen and oxygen atoms in total. The number of carbonyl (C=O) groups excluding carboxylic acids is 4. The zero-order valence-corrected chi connectivity index (χ0v) is 16.1. The molecule has 0 radical (unpaired) electrons. The standard InChI is InChI=1S/C17H29N5O6/c1-9(2)14(19)17(28)22-7-3-4-11(22)16(27)21-10(5-6-12(18)23)15(26)20-8-13(24)25/h9-11,14H,3-8,19H2,1-2H3,(H2,18,23)(H,20,26)(H,21,27)(H,24,25). The zero-order valence-electron chi connectivity index (χ0n) is 16.1. The fraction of sp³-hybridized carbons (Fsp3) is 0.706. The molecule has 7 N–H and O–H groups in total. The topological polar surface area (TPSA) is 185 Å². The molecule has 0 aromatic rings. The van der Waals surface area contributed by atoms with Crippen LogP contribution in [0.25, 0.3) is 0 Å². The highest BCUT2D eigenvalue weighted by Crippen LogP contribution is 2.20. The molecule has 28 heavy (non-hydrogen) atoms. The number of hydrogen-bond donors (Lipinski definition) is 5. The van der Waals surface area contributed by atoms with Gasteiger partial charge in [0.25, 0.3) is 0 Å². The van der Waals surface area contributed by atoms with Gasteiger partial charge in [-0.3, -0.25) is 24.0 Å². The van der Waals surface area contributed by atoms with Crippen molar-refractivity contribution in [1.29, 1.82) is 0 Å². The third-order valence-corrected chi connectivity index (χ3v) is 4.57. The summed E-state index contributed by atoms with van der Waals surface area (Å²) in [4.78, 5) is 60.5. The van der Waals surface area contributed by atoms with E-state index in [4.69, 9.17) is 16.6 Å². The van der Waals surface area contributed by atoms with Gasteiger partial charge in [-0.25, -0.2) is 0 Å². The molecular formula is C17H29N5O6. The summed E-state index contributed by atoms with van der Waals surface area (Å²) in [6.45, 7) is 3.37. The van der Waals surface area contributed by atoms with Crippen molar-refractivity contribution in [2.24, 2.45) is 17.4 Å². The summed E-state index contributed by atoms with van der Waals surface area (Å²) >= 11 is 0. The van der Waals surface area contributed by atoms with E-state index >= 15 is 0 Å². The highest BCUT2D eigenvalue weighted by atomic mass is 16.4. The molecule has 1 rings (SSSR count). The normalized spacial score (nSPS) is 18.4. The maximum absolute atomic E-state index is 12.7. The molecule has 3 unspecified atom stereocenters. The molecule has 1 heterocycles. The molecule has 0 aromatic heterocycles. The summed E-state index contributed by atoms with van der Waals surface area (Å²) in [5.41, 5.74) is 11.0. The summed E-state index contributed by atoms with van der Waals surface area (Å²) < 4.78 is 0. The predicted octanol–water partition coefficient (Wildman–Crippen LogP) is -2.09. The lowest BCUT2D eigenvalue weighted by atomic mass is 10.0. The van der Waals surface area contributed by atoms with E-state index in [2.05, 4.69) is 10.6 Å². The monoisotopic (exact) mass is 399 g/mol. The molecule has 0 aliphatic carbocycles. The summed E-state index contributed by atoms with van der Waals surface area (Å²) in [7, 11) is 0. The van der Waals surface area contributed by atoms with E-state index in [9.17, 15) is 24.0 Å². The molecule has 0 bridgehead atoms. The zero-order chi connectivity index (χ0) is 21.4. The lowest BCUT2D eigenvalue weighted by Gasteiger charge is -2.29. The molecule has 4 amide bonds. The molecule has 0 saturated carbocycles. The minimum absolute atomic E-state index is 0.0846. The van der Waals surface area contributed by atoms with Gasteiger partial charge in [0.2, 0.25) is 23.6 Å². The number of nitrogens with one attached hydrogen (secondary N) is 2. The Balaban J connectivity index is 2.83. The number of nitrogens with zero attached hydrogens (tertiary/aromatic N) is 1. The smallest absolute Gasteiger partial charge is 0.322 e. The summed E-state index contributed by atoms with van der Waals surface area (Å²) in [6.07, 6.45) is 0.781. The number of aliphatic carboxylic acids is 1. The lowest BCUT2D eigenvalue weighted by Crippen LogP contribution is -2.56. The molecule has 0 aromatic carbocycles. The second kappa shape index (κ2) is 10.6. The third kappa shape index (κ3) is 6.80. The predicted molar refractivity (Wildman–Crippen MR) is 98.6 cm³/mol. The van der Waals surface area contributed by atoms with Crippen molar-refractivity contribution in [1.82, 2.24) is 15.5 Å². The van der Waals surface area contributed by atoms with E-state index < -0.39 is 48.4 Å². The largest absolute Gasteiger partial charge is 0.480 e. The van der Waals surface area contributed by atoms with Gasteiger partial charge in [0.1, 0.15) is 18.6 Å². The molecule has 158 valence electrons. The molecule has 3 atom stereocenters. The lowest BCUT2D eigenvalue weighted by molar-refractivity contribution is -0.141. The summed E-state index contributed by atoms with van der Waals surface area (Å²) in [5, 5.41) is 13.3. The number of hydrogen-bond acceptors (Lipinski definition) is 6. The van der Waals surface area contributed by atoms with Gasteiger partial charge in [0.05, 0.1) is 6.04 Å². The molecule has 1 saturated heterocycles. The first kappa shape index (κ1) is 23.3. The number of rotatable bonds is 10. The van der Waals surface area contributed by atoms with E-state index in [1.165, 1.54) is 4.90 Å². The van der Waals surface area contributed by atoms with Crippen LogP contribution in [0.2, 0.25) is 0 Å². The Morgan fingerprint density at radius 2 is 1.86 bits per heavy atom. The van der Waals surface area contributed by atoms with Crippen molar-refractivity contribution in [3.63, 3.8) is 0 Å². The van der Waals surface area contributed by atoms with Crippen LogP contribution in [0.5, 0.6) is 0 Å². The van der Waals surface area contributed by atoms with E-state index in [0.717, 1.165) is 0 Å². The van der Waals surface area contributed by atoms with Crippen LogP contribution in [0.1, 0.15) is 39.5 Å². The van der Waals surface area contributed by atoms with Gasteiger partial charge in [-0.05, 0) is 25.2 Å². The van der Waals surface area contributed by atoms with Crippen molar-refractivity contribution in [3.05, 3.63) is 0 Å². The molecule has 1 aliphatic heterocycles. The first-order valence-corrected chi connectivity index (χ1v) is 9.18. The highest BCUT2D eigenvalue weighted by molar-refractivity contribution is 5.94. The Labute approximate surface area is 163 Å². The third-order valence-electron chi connectivity index (χ3n) is 4.57. The van der Waals surface area contributed by atoms with Crippen molar-refractivity contribution in [3.8, 4) is 0 Å². The Morgan fingerprint density at radius 1 is 1.21 bits per heavy atom. The fourth-order valence-electron chi connectivity index (χ4n) is 2.89. The summed E-state index contributed by atoms with van der Waals surface area (Å²) in [5.74, 6) is -3.64. The van der Waals surface area contributed by atoms with Crippen molar-refractivity contribution < 1.29 is 29.1 Å². The second-order valence-electron chi connectivity index (χ2n) is 7.14. The van der Waals surface area contributed by atoms with Gasteiger partial charge in [0, 0.05) is 13.0 Å². The van der Waals surface area contributed by atoms with Gasteiger partial charge < -0.3 is 32.1 Å². The number of primary amides is 1. The maximum atomic E-state index is 12.7. The SMILES string of the molecule is CC(C)C(N)C(=O)N1CCCC1C(=O)NC(CCC(N)=O)C(=O)NCC(=O)O. The molecule has 1 fully saturated rings.